The van der Waals surface area contributed by atoms with Crippen molar-refractivity contribution < 1.29 is 4.79 Å². The highest BCUT2D eigenvalue weighted by Gasteiger charge is 2.31. The van der Waals surface area contributed by atoms with Gasteiger partial charge in [-0.3, -0.25) is 4.79 Å². The van der Waals surface area contributed by atoms with E-state index in [9.17, 15) is 4.79 Å². The zero-order valence-electron chi connectivity index (χ0n) is 12.0. The predicted octanol–water partition coefficient (Wildman–Crippen LogP) is 1.86. The van der Waals surface area contributed by atoms with Gasteiger partial charge in [0.05, 0.1) is 6.04 Å². The number of benzene rings is 1. The molecule has 0 saturated carbocycles. The highest BCUT2D eigenvalue weighted by atomic mass is 16.2. The number of anilines is 2. The van der Waals surface area contributed by atoms with Crippen molar-refractivity contribution in [2.75, 3.05) is 37.0 Å². The maximum Gasteiger partial charge on any atom is 0.244 e. The lowest BCUT2D eigenvalue weighted by Gasteiger charge is -2.19. The number of nitrogens with one attached hydrogen (secondary N) is 1. The Morgan fingerprint density at radius 1 is 1.32 bits per heavy atom. The topological polar surface area (TPSA) is 35.6 Å². The van der Waals surface area contributed by atoms with Crippen LogP contribution < -0.4 is 15.1 Å². The van der Waals surface area contributed by atoms with Gasteiger partial charge in [-0.2, -0.15) is 0 Å². The second-order valence-electron chi connectivity index (χ2n) is 5.20. The molecule has 1 aromatic rings. The average molecular weight is 261 g/mol. The van der Waals surface area contributed by atoms with Gasteiger partial charge in [0.15, 0.2) is 0 Å². The van der Waals surface area contributed by atoms with Crippen LogP contribution >= 0.6 is 0 Å². The maximum absolute atomic E-state index is 12.3. The third-order valence-corrected chi connectivity index (χ3v) is 3.52. The Kier molecular flexibility index (Phi) is 4.43. The fraction of sp³-hybridized carbons (Fsp3) is 0.533. The summed E-state index contributed by atoms with van der Waals surface area (Å²) in [7, 11) is 4.03. The van der Waals surface area contributed by atoms with Crippen LogP contribution in [0.2, 0.25) is 0 Å². The first kappa shape index (κ1) is 13.9. The van der Waals surface area contributed by atoms with Crippen molar-refractivity contribution >= 4 is 17.3 Å². The lowest BCUT2D eigenvalue weighted by molar-refractivity contribution is -0.118. The van der Waals surface area contributed by atoms with Gasteiger partial charge in [-0.1, -0.05) is 6.92 Å². The van der Waals surface area contributed by atoms with E-state index in [4.69, 9.17) is 0 Å². The molecular formula is C15H23N3O. The van der Waals surface area contributed by atoms with E-state index in [1.54, 1.807) is 0 Å². The average Bonchev–Trinajstić information content (AvgIpc) is 2.78. The molecule has 1 N–H and O–H groups in total. The van der Waals surface area contributed by atoms with Crippen molar-refractivity contribution in [3.63, 3.8) is 0 Å². The smallest absolute Gasteiger partial charge is 0.244 e. The van der Waals surface area contributed by atoms with E-state index in [1.807, 2.05) is 31.1 Å². The third-order valence-electron chi connectivity index (χ3n) is 3.52. The molecule has 0 radical (unpaired) electrons. The maximum atomic E-state index is 12.3. The molecule has 1 aliphatic rings. The quantitative estimate of drug-likeness (QED) is 0.878. The third kappa shape index (κ3) is 3.07. The number of amides is 1. The molecule has 1 unspecified atom stereocenters. The number of hydrogen-bond acceptors (Lipinski definition) is 3. The lowest BCUT2D eigenvalue weighted by atomic mass is 10.2. The zero-order chi connectivity index (χ0) is 13.8. The van der Waals surface area contributed by atoms with Crippen LogP contribution in [-0.4, -0.2) is 39.1 Å². The summed E-state index contributed by atoms with van der Waals surface area (Å²) in [6.07, 6.45) is 1.95. The van der Waals surface area contributed by atoms with Gasteiger partial charge in [0.1, 0.15) is 0 Å². The molecule has 1 aromatic carbocycles. The number of hydrogen-bond donors (Lipinski definition) is 1. The summed E-state index contributed by atoms with van der Waals surface area (Å²) < 4.78 is 0. The summed E-state index contributed by atoms with van der Waals surface area (Å²) in [5.74, 6) is 0.200. The fourth-order valence-electron chi connectivity index (χ4n) is 2.37. The second-order valence-corrected chi connectivity index (χ2v) is 5.20. The van der Waals surface area contributed by atoms with Gasteiger partial charge >= 0.3 is 0 Å². The minimum Gasteiger partial charge on any atom is -0.378 e. The molecule has 1 atom stereocenters. The van der Waals surface area contributed by atoms with Crippen LogP contribution in [0.3, 0.4) is 0 Å². The van der Waals surface area contributed by atoms with Crippen molar-refractivity contribution in [1.82, 2.24) is 5.32 Å². The molecule has 0 aliphatic carbocycles. The standard InChI is InChI=1S/C15H23N3O/c1-4-10-16-14-9-11-18(15(14)19)13-7-5-12(6-8-13)17(2)3/h5-8,14,16H,4,9-11H2,1-3H3. The van der Waals surface area contributed by atoms with Gasteiger partial charge in [-0.25, -0.2) is 0 Å². The number of rotatable bonds is 5. The lowest BCUT2D eigenvalue weighted by Crippen LogP contribution is -2.38. The largest absolute Gasteiger partial charge is 0.378 e. The second kappa shape index (κ2) is 6.06. The van der Waals surface area contributed by atoms with Crippen LogP contribution in [-0.2, 0) is 4.79 Å². The first-order valence-corrected chi connectivity index (χ1v) is 6.95. The van der Waals surface area contributed by atoms with Gasteiger partial charge in [0.2, 0.25) is 5.91 Å². The Morgan fingerprint density at radius 3 is 2.58 bits per heavy atom. The van der Waals surface area contributed by atoms with Crippen LogP contribution in [0.5, 0.6) is 0 Å². The summed E-state index contributed by atoms with van der Waals surface area (Å²) in [5.41, 5.74) is 2.15. The molecule has 1 saturated heterocycles. The Balaban J connectivity index is 2.04. The van der Waals surface area contributed by atoms with Crippen molar-refractivity contribution in [3.05, 3.63) is 24.3 Å². The SMILES string of the molecule is CCCNC1CCN(c2ccc(N(C)C)cc2)C1=O. The van der Waals surface area contributed by atoms with Crippen LogP contribution in [0.15, 0.2) is 24.3 Å². The summed E-state index contributed by atoms with van der Waals surface area (Å²) in [6, 6.07) is 8.14. The molecule has 4 nitrogen and oxygen atoms in total. The van der Waals surface area contributed by atoms with Crippen LogP contribution in [0.25, 0.3) is 0 Å². The summed E-state index contributed by atoms with van der Waals surface area (Å²) >= 11 is 0. The molecular weight excluding hydrogens is 238 g/mol. The van der Waals surface area contributed by atoms with E-state index in [0.717, 1.165) is 37.3 Å². The fourth-order valence-corrected chi connectivity index (χ4v) is 2.37. The van der Waals surface area contributed by atoms with Gasteiger partial charge in [0.25, 0.3) is 0 Å². The molecule has 19 heavy (non-hydrogen) atoms. The molecule has 4 heteroatoms. The van der Waals surface area contributed by atoms with Crippen LogP contribution in [0.4, 0.5) is 11.4 Å². The monoisotopic (exact) mass is 261 g/mol. The van der Waals surface area contributed by atoms with Crippen LogP contribution in [0.1, 0.15) is 19.8 Å². The minimum atomic E-state index is -0.00604. The van der Waals surface area contributed by atoms with Crippen molar-refractivity contribution in [2.24, 2.45) is 0 Å². The molecule has 0 bridgehead atoms. The first-order chi connectivity index (χ1) is 9.13. The zero-order valence-corrected chi connectivity index (χ0v) is 12.0. The number of carbonyl (C=O) groups is 1. The van der Waals surface area contributed by atoms with E-state index >= 15 is 0 Å². The molecule has 1 amide bonds. The van der Waals surface area contributed by atoms with Gasteiger partial charge in [0, 0.05) is 32.0 Å². The molecule has 104 valence electrons. The number of carbonyl (C=O) groups excluding carboxylic acids is 1. The predicted molar refractivity (Wildman–Crippen MR) is 79.8 cm³/mol. The van der Waals surface area contributed by atoms with Crippen molar-refractivity contribution in [3.8, 4) is 0 Å². The van der Waals surface area contributed by atoms with E-state index < -0.39 is 0 Å². The Morgan fingerprint density at radius 2 is 2.00 bits per heavy atom. The van der Waals surface area contributed by atoms with E-state index in [1.165, 1.54) is 0 Å². The van der Waals surface area contributed by atoms with Gasteiger partial charge in [-0.05, 0) is 43.7 Å². The van der Waals surface area contributed by atoms with E-state index in [2.05, 4.69) is 29.3 Å². The first-order valence-electron chi connectivity index (χ1n) is 6.95. The normalized spacial score (nSPS) is 19.0. The number of nitrogens with zero attached hydrogens (tertiary/aromatic N) is 2. The van der Waals surface area contributed by atoms with Crippen molar-refractivity contribution in [1.29, 1.82) is 0 Å². The Hall–Kier alpha value is -1.55. The molecule has 2 rings (SSSR count). The molecule has 1 fully saturated rings. The van der Waals surface area contributed by atoms with E-state index in [0.29, 0.717) is 0 Å². The summed E-state index contributed by atoms with van der Waals surface area (Å²) in [6.45, 7) is 3.83. The summed E-state index contributed by atoms with van der Waals surface area (Å²) in [5, 5.41) is 3.31. The summed E-state index contributed by atoms with van der Waals surface area (Å²) in [4.78, 5) is 16.2. The van der Waals surface area contributed by atoms with Crippen molar-refractivity contribution in [2.45, 2.75) is 25.8 Å². The Bertz CT molecular complexity index is 428. The minimum absolute atomic E-state index is 0.00604. The highest BCUT2D eigenvalue weighted by Crippen LogP contribution is 2.24. The molecule has 1 aliphatic heterocycles. The Labute approximate surface area is 115 Å². The molecule has 0 spiro atoms. The molecule has 0 aromatic heterocycles. The van der Waals surface area contributed by atoms with E-state index in [-0.39, 0.29) is 11.9 Å². The molecule has 1 heterocycles. The highest BCUT2D eigenvalue weighted by molar-refractivity contribution is 5.99. The van der Waals surface area contributed by atoms with Gasteiger partial charge in [-0.15, -0.1) is 0 Å². The van der Waals surface area contributed by atoms with Gasteiger partial charge < -0.3 is 15.1 Å². The van der Waals surface area contributed by atoms with Crippen LogP contribution in [0, 0.1) is 0 Å².